The largest absolute Gasteiger partial charge is 0.480 e. The van der Waals surface area contributed by atoms with E-state index in [-0.39, 0.29) is 0 Å². The molecular formula is C9H18N4O2. The Bertz CT molecular complexity index is 244. The molecule has 0 aliphatic carbocycles. The highest BCUT2D eigenvalue weighted by Gasteiger charge is 2.30. The van der Waals surface area contributed by atoms with Crippen LogP contribution in [0.2, 0.25) is 0 Å². The summed E-state index contributed by atoms with van der Waals surface area (Å²) in [6.07, 6.45) is 1.57. The molecule has 0 bridgehead atoms. The van der Waals surface area contributed by atoms with E-state index in [1.807, 2.05) is 6.92 Å². The van der Waals surface area contributed by atoms with Gasteiger partial charge in [0.2, 0.25) is 0 Å². The number of carboxylic acids is 1. The number of rotatable bonds is 6. The Morgan fingerprint density at radius 1 is 1.80 bits per heavy atom. The summed E-state index contributed by atoms with van der Waals surface area (Å²) in [4.78, 5) is 16.8. The van der Waals surface area contributed by atoms with Gasteiger partial charge in [-0.2, -0.15) is 0 Å². The summed E-state index contributed by atoms with van der Waals surface area (Å²) in [5, 5.41) is 12.1. The van der Waals surface area contributed by atoms with Crippen molar-refractivity contribution >= 4 is 12.3 Å². The third kappa shape index (κ3) is 3.17. The van der Waals surface area contributed by atoms with E-state index in [1.165, 1.54) is 0 Å². The molecule has 0 aromatic heterocycles. The molecule has 0 fully saturated rings. The zero-order valence-electron chi connectivity index (χ0n) is 8.89. The third-order valence-corrected chi connectivity index (χ3v) is 2.36. The van der Waals surface area contributed by atoms with Gasteiger partial charge in [-0.3, -0.25) is 4.99 Å². The molecule has 1 rings (SSSR count). The molecular weight excluding hydrogens is 196 g/mol. The van der Waals surface area contributed by atoms with Crippen molar-refractivity contribution in [2.24, 2.45) is 10.7 Å². The summed E-state index contributed by atoms with van der Waals surface area (Å²) in [5.74, 6) is -0.895. The fourth-order valence-electron chi connectivity index (χ4n) is 1.60. The average Bonchev–Trinajstić information content (AvgIpc) is 2.67. The first-order chi connectivity index (χ1) is 7.16. The number of likely N-dealkylation sites (N-methyl/N-ethyl adjacent to an activating group) is 1. The zero-order chi connectivity index (χ0) is 11.3. The fourth-order valence-corrected chi connectivity index (χ4v) is 1.60. The molecule has 6 heteroatoms. The highest BCUT2D eigenvalue weighted by molar-refractivity contribution is 5.78. The van der Waals surface area contributed by atoms with Gasteiger partial charge in [0.25, 0.3) is 0 Å². The van der Waals surface area contributed by atoms with Crippen LogP contribution in [0.25, 0.3) is 0 Å². The Kier molecular flexibility index (Phi) is 4.51. The van der Waals surface area contributed by atoms with Crippen molar-refractivity contribution in [3.63, 3.8) is 0 Å². The van der Waals surface area contributed by atoms with Crippen molar-refractivity contribution in [1.82, 2.24) is 10.2 Å². The second-order valence-electron chi connectivity index (χ2n) is 3.51. The first-order valence-corrected chi connectivity index (χ1v) is 5.11. The number of nitrogens with one attached hydrogen (secondary N) is 1. The monoisotopic (exact) mass is 214 g/mol. The van der Waals surface area contributed by atoms with E-state index in [0.717, 1.165) is 6.54 Å². The van der Waals surface area contributed by atoms with E-state index in [0.29, 0.717) is 19.6 Å². The van der Waals surface area contributed by atoms with Crippen LogP contribution in [0, 0.1) is 0 Å². The van der Waals surface area contributed by atoms with E-state index in [1.54, 1.807) is 11.2 Å². The number of carbonyl (C=O) groups is 1. The highest BCUT2D eigenvalue weighted by Crippen LogP contribution is 2.05. The fraction of sp³-hybridized carbons (Fsp3) is 0.778. The molecule has 0 amide bonds. The molecule has 86 valence electrons. The summed E-state index contributed by atoms with van der Waals surface area (Å²) >= 11 is 0. The number of aliphatic imine (C=N–C) groups is 1. The maximum atomic E-state index is 11.1. The smallest absolute Gasteiger partial charge is 0.328 e. The lowest BCUT2D eigenvalue weighted by Crippen LogP contribution is -2.55. The van der Waals surface area contributed by atoms with Crippen LogP contribution in [0.1, 0.15) is 6.92 Å². The van der Waals surface area contributed by atoms with Crippen molar-refractivity contribution in [1.29, 1.82) is 0 Å². The van der Waals surface area contributed by atoms with Gasteiger partial charge in [0.15, 0.2) is 0 Å². The molecule has 0 spiro atoms. The first kappa shape index (κ1) is 11.9. The zero-order valence-corrected chi connectivity index (χ0v) is 8.89. The Morgan fingerprint density at radius 2 is 2.53 bits per heavy atom. The Labute approximate surface area is 89.2 Å². The summed E-state index contributed by atoms with van der Waals surface area (Å²) in [6, 6.07) is -1.11. The number of hydrogen-bond acceptors (Lipinski definition) is 5. The molecule has 2 unspecified atom stereocenters. The maximum Gasteiger partial charge on any atom is 0.328 e. The minimum Gasteiger partial charge on any atom is -0.480 e. The van der Waals surface area contributed by atoms with Gasteiger partial charge in [-0.1, -0.05) is 6.92 Å². The topological polar surface area (TPSA) is 90.9 Å². The van der Waals surface area contributed by atoms with Gasteiger partial charge >= 0.3 is 5.97 Å². The molecule has 1 aliphatic rings. The Morgan fingerprint density at radius 3 is 3.00 bits per heavy atom. The van der Waals surface area contributed by atoms with E-state index in [2.05, 4.69) is 10.3 Å². The van der Waals surface area contributed by atoms with Gasteiger partial charge in [-0.15, -0.1) is 0 Å². The van der Waals surface area contributed by atoms with Gasteiger partial charge in [0.1, 0.15) is 6.04 Å². The van der Waals surface area contributed by atoms with E-state index in [9.17, 15) is 4.79 Å². The first-order valence-electron chi connectivity index (χ1n) is 5.11. The van der Waals surface area contributed by atoms with Crippen LogP contribution in [0.3, 0.4) is 0 Å². The molecule has 6 nitrogen and oxygen atoms in total. The Balaban J connectivity index is 2.56. The quantitative estimate of drug-likeness (QED) is 0.512. The van der Waals surface area contributed by atoms with Gasteiger partial charge in [0, 0.05) is 19.1 Å². The molecule has 0 radical (unpaired) electrons. The summed E-state index contributed by atoms with van der Waals surface area (Å²) in [7, 11) is 0. The van der Waals surface area contributed by atoms with Crippen molar-refractivity contribution in [2.45, 2.75) is 19.0 Å². The van der Waals surface area contributed by atoms with Gasteiger partial charge in [-0.05, 0) is 6.54 Å². The van der Waals surface area contributed by atoms with Crippen LogP contribution in [-0.4, -0.2) is 60.6 Å². The van der Waals surface area contributed by atoms with E-state index >= 15 is 0 Å². The minimum absolute atomic E-state index is 0.424. The predicted molar refractivity (Wildman–Crippen MR) is 58.0 cm³/mol. The molecule has 1 aliphatic heterocycles. The molecule has 0 aromatic carbocycles. The maximum absolute atomic E-state index is 11.1. The van der Waals surface area contributed by atoms with Crippen molar-refractivity contribution in [2.75, 3.05) is 26.2 Å². The summed E-state index contributed by atoms with van der Waals surface area (Å²) in [5.41, 5.74) is 5.84. The van der Waals surface area contributed by atoms with Crippen LogP contribution in [0.4, 0.5) is 0 Å². The lowest BCUT2D eigenvalue weighted by molar-refractivity contribution is -0.142. The number of aliphatic carboxylic acids is 1. The lowest BCUT2D eigenvalue weighted by atomic mass is 10.1. The van der Waals surface area contributed by atoms with Gasteiger partial charge in [-0.25, -0.2) is 4.79 Å². The van der Waals surface area contributed by atoms with Crippen LogP contribution >= 0.6 is 0 Å². The standard InChI is InChI=1S/C9H18N4O2/c1-2-11-5-7(10)8(9(14)15)13-4-3-12-6-13/h6-8,11H,2-5,10H2,1H3,(H,14,15). The third-order valence-electron chi connectivity index (χ3n) is 2.36. The molecule has 0 aromatic rings. The number of nitrogens with two attached hydrogens (primary N) is 1. The minimum atomic E-state index is -0.895. The molecule has 1 heterocycles. The summed E-state index contributed by atoms with van der Waals surface area (Å²) in [6.45, 7) is 4.53. The number of nitrogens with zero attached hydrogens (tertiary/aromatic N) is 2. The molecule has 0 saturated carbocycles. The molecule has 15 heavy (non-hydrogen) atoms. The number of hydrogen-bond donors (Lipinski definition) is 3. The van der Waals surface area contributed by atoms with Crippen LogP contribution in [0.15, 0.2) is 4.99 Å². The molecule has 0 saturated heterocycles. The Hall–Kier alpha value is -1.14. The highest BCUT2D eigenvalue weighted by atomic mass is 16.4. The van der Waals surface area contributed by atoms with E-state index in [4.69, 9.17) is 10.8 Å². The summed E-state index contributed by atoms with van der Waals surface area (Å²) < 4.78 is 0. The predicted octanol–water partition coefficient (Wildman–Crippen LogP) is -1.28. The molecule has 4 N–H and O–H groups in total. The van der Waals surface area contributed by atoms with E-state index < -0.39 is 18.1 Å². The van der Waals surface area contributed by atoms with Crippen LogP contribution in [-0.2, 0) is 4.79 Å². The normalized spacial score (nSPS) is 19.2. The van der Waals surface area contributed by atoms with Crippen LogP contribution in [0.5, 0.6) is 0 Å². The number of carboxylic acid groups (broad SMARTS) is 1. The van der Waals surface area contributed by atoms with Crippen molar-refractivity contribution < 1.29 is 9.90 Å². The van der Waals surface area contributed by atoms with Crippen LogP contribution < -0.4 is 11.1 Å². The van der Waals surface area contributed by atoms with Crippen molar-refractivity contribution in [3.05, 3.63) is 0 Å². The SMILES string of the molecule is CCNCC(N)C(C(=O)O)N1C=NCC1. The molecule has 2 atom stereocenters. The second kappa shape index (κ2) is 5.67. The second-order valence-corrected chi connectivity index (χ2v) is 3.51. The van der Waals surface area contributed by atoms with Gasteiger partial charge in [0.05, 0.1) is 12.9 Å². The van der Waals surface area contributed by atoms with Gasteiger partial charge < -0.3 is 21.1 Å². The average molecular weight is 214 g/mol. The van der Waals surface area contributed by atoms with Crippen molar-refractivity contribution in [3.8, 4) is 0 Å². The lowest BCUT2D eigenvalue weighted by Gasteiger charge is -2.28.